The van der Waals surface area contributed by atoms with E-state index in [9.17, 15) is 29.1 Å². The Morgan fingerprint density at radius 1 is 1.25 bits per heavy atom. The number of hydrogen-bond acceptors (Lipinski definition) is 16. The maximum atomic E-state index is 13.0. The number of carbonyl (C=O) groups excluding carboxylic acids is 2. The molecule has 2 aromatic heterocycles. The van der Waals surface area contributed by atoms with E-state index in [1.54, 1.807) is 0 Å². The zero-order valence-electron chi connectivity index (χ0n) is 20.1. The predicted molar refractivity (Wildman–Crippen MR) is 135 cm³/mol. The zero-order chi connectivity index (χ0) is 29.0. The number of carboxylic acid groups (broad SMARTS) is 3. The number of aromatic nitrogens is 6. The molecule has 0 bridgehead atoms. The van der Waals surface area contributed by atoms with Crippen LogP contribution in [0.15, 0.2) is 10.3 Å². The Morgan fingerprint density at radius 2 is 2.02 bits per heavy atom. The summed E-state index contributed by atoms with van der Waals surface area (Å²) >= 11 is 2.95. The van der Waals surface area contributed by atoms with E-state index >= 15 is 0 Å². The van der Waals surface area contributed by atoms with E-state index in [1.807, 2.05) is 0 Å². The Morgan fingerprint density at radius 3 is 2.67 bits per heavy atom. The molecule has 4 heterocycles. The fraction of sp³-hybridized carbons (Fsp3) is 0.500. The fourth-order valence-corrected chi connectivity index (χ4v) is 6.83. The highest BCUT2D eigenvalue weighted by Crippen LogP contribution is 2.44. The number of hydrogen-bond donors (Lipinski definition) is 5. The smallest absolute Gasteiger partial charge is 0.344 e. The van der Waals surface area contributed by atoms with Crippen LogP contribution in [0.25, 0.3) is 0 Å². The highest BCUT2D eigenvalue weighted by atomic mass is 32.2. The van der Waals surface area contributed by atoms with Gasteiger partial charge in [-0.2, -0.15) is 9.36 Å². The van der Waals surface area contributed by atoms with E-state index < -0.39 is 58.9 Å². The molecule has 0 radical (unpaired) electrons. The van der Waals surface area contributed by atoms with Crippen molar-refractivity contribution < 1.29 is 44.1 Å². The average molecular weight is 617 g/mol. The summed E-state index contributed by atoms with van der Waals surface area (Å²) in [6, 6.07) is -1.03. The predicted octanol–water partition coefficient (Wildman–Crippen LogP) is -2.35. The first kappa shape index (κ1) is 28.9. The molecule has 0 aromatic carbocycles. The van der Waals surface area contributed by atoms with Crippen LogP contribution in [0.5, 0.6) is 0 Å². The maximum Gasteiger partial charge on any atom is 0.344 e. The third-order valence-corrected chi connectivity index (χ3v) is 8.99. The van der Waals surface area contributed by atoms with Gasteiger partial charge < -0.3 is 36.1 Å². The Bertz CT molecular complexity index is 1370. The number of nitrogens with zero attached hydrogens (tertiary/aromatic N) is 8. The van der Waals surface area contributed by atoms with Crippen LogP contribution in [0.4, 0.5) is 5.13 Å². The van der Waals surface area contributed by atoms with Crippen LogP contribution in [-0.4, -0.2) is 121 Å². The van der Waals surface area contributed by atoms with E-state index in [0.29, 0.717) is 0 Å². The zero-order valence-corrected chi connectivity index (χ0v) is 22.5. The number of β-lactam (4-membered cyclic amide) rings is 1. The van der Waals surface area contributed by atoms with Gasteiger partial charge in [0.2, 0.25) is 29.2 Å². The third kappa shape index (κ3) is 6.22. The number of oxime groups is 1. The minimum atomic E-state index is -1.38. The Balaban J connectivity index is 1.41. The molecule has 40 heavy (non-hydrogen) atoms. The molecule has 214 valence electrons. The number of nitrogens with two attached hydrogens (primary N) is 1. The molecule has 2 aliphatic heterocycles. The van der Waals surface area contributed by atoms with E-state index in [1.165, 1.54) is 9.58 Å². The van der Waals surface area contributed by atoms with Crippen LogP contribution in [-0.2, 0) is 35.4 Å². The van der Waals surface area contributed by atoms with E-state index in [4.69, 9.17) is 15.9 Å². The lowest BCUT2D eigenvalue weighted by Gasteiger charge is -2.53. The molecule has 2 aliphatic rings. The standard InChI is InChI=1S/C18H20N10O9S3/c19-16-21-11(24-40-16)9(23-37-3-8(31)32)12(33)20-10-13(34)27-4-18(15(35)36,5-38-14(10)27)6-39-17-22-25-26-28(17)2-1-7(29)30/h10,14H,1-6H2,(H,20,33)(H,29,30)(H,31,32)(H,35,36)(H2,19,21,24)/t10?,14-,18?/m1/s1. The summed E-state index contributed by atoms with van der Waals surface area (Å²) in [6.07, 6.45) is -0.223. The molecule has 0 aliphatic carbocycles. The number of anilines is 1. The van der Waals surface area contributed by atoms with E-state index in [-0.39, 0.29) is 47.1 Å². The van der Waals surface area contributed by atoms with Crippen molar-refractivity contribution in [1.82, 2.24) is 39.8 Å². The summed E-state index contributed by atoms with van der Waals surface area (Å²) in [4.78, 5) is 69.6. The van der Waals surface area contributed by atoms with Crippen LogP contribution in [0.2, 0.25) is 0 Å². The first-order valence-corrected chi connectivity index (χ1v) is 13.9. The average Bonchev–Trinajstić information content (AvgIpc) is 3.55. The molecule has 2 amide bonds. The molecule has 4 rings (SSSR count). The second-order valence-electron chi connectivity index (χ2n) is 8.38. The van der Waals surface area contributed by atoms with Crippen molar-refractivity contribution in [3.05, 3.63) is 5.82 Å². The van der Waals surface area contributed by atoms with Gasteiger partial charge in [-0.25, -0.2) is 9.48 Å². The van der Waals surface area contributed by atoms with Gasteiger partial charge in [0, 0.05) is 29.6 Å². The summed E-state index contributed by atoms with van der Waals surface area (Å²) in [7, 11) is 0. The summed E-state index contributed by atoms with van der Waals surface area (Å²) in [6.45, 7) is -0.989. The lowest BCUT2D eigenvalue weighted by molar-refractivity contribution is -0.157. The van der Waals surface area contributed by atoms with Gasteiger partial charge in [0.25, 0.3) is 5.91 Å². The van der Waals surface area contributed by atoms with Gasteiger partial charge in [-0.05, 0) is 10.4 Å². The van der Waals surface area contributed by atoms with E-state index in [2.05, 4.69) is 40.2 Å². The van der Waals surface area contributed by atoms with Crippen LogP contribution in [0, 0.1) is 5.41 Å². The molecule has 2 aromatic rings. The Kier molecular flexibility index (Phi) is 8.68. The number of nitrogen functional groups attached to an aromatic ring is 1. The first-order valence-electron chi connectivity index (χ1n) is 11.1. The van der Waals surface area contributed by atoms with Crippen molar-refractivity contribution in [3.63, 3.8) is 0 Å². The molecule has 2 fully saturated rings. The van der Waals surface area contributed by atoms with Crippen LogP contribution >= 0.6 is 35.1 Å². The van der Waals surface area contributed by atoms with Crippen molar-refractivity contribution >= 4 is 75.6 Å². The maximum absolute atomic E-state index is 13.0. The molecule has 2 unspecified atom stereocenters. The second kappa shape index (κ2) is 12.0. The van der Waals surface area contributed by atoms with Crippen molar-refractivity contribution in [3.8, 4) is 0 Å². The second-order valence-corrected chi connectivity index (χ2v) is 11.2. The highest BCUT2D eigenvalue weighted by molar-refractivity contribution is 8.00. The van der Waals surface area contributed by atoms with Crippen molar-refractivity contribution in [2.24, 2.45) is 10.6 Å². The van der Waals surface area contributed by atoms with Gasteiger partial charge in [-0.15, -0.1) is 16.9 Å². The molecule has 0 saturated carbocycles. The van der Waals surface area contributed by atoms with Gasteiger partial charge in [-0.1, -0.05) is 16.9 Å². The largest absolute Gasteiger partial charge is 0.481 e. The normalized spacial score (nSPS) is 22.2. The van der Waals surface area contributed by atoms with Crippen LogP contribution in [0.1, 0.15) is 12.2 Å². The van der Waals surface area contributed by atoms with Gasteiger partial charge in [-0.3, -0.25) is 19.2 Å². The van der Waals surface area contributed by atoms with Crippen molar-refractivity contribution in [2.75, 3.05) is 30.4 Å². The molecule has 22 heteroatoms. The number of thioether (sulfide) groups is 2. The van der Waals surface area contributed by atoms with E-state index in [0.717, 1.165) is 35.1 Å². The van der Waals surface area contributed by atoms with Crippen LogP contribution in [0.3, 0.4) is 0 Å². The molecule has 2 saturated heterocycles. The number of aliphatic carboxylic acids is 3. The van der Waals surface area contributed by atoms with Crippen molar-refractivity contribution in [2.45, 2.75) is 29.5 Å². The molecule has 6 N–H and O–H groups in total. The number of carboxylic acids is 3. The Labute approximate surface area is 235 Å². The SMILES string of the molecule is Nc1nc(C(=NOCC(=O)O)C(=O)NC2C(=O)N3CC(CSc4nnnn4CCC(=O)O)(C(=O)O)CS[C@H]23)ns1. The number of aryl methyl sites for hydroxylation is 1. The van der Waals surface area contributed by atoms with Gasteiger partial charge in [0.1, 0.15) is 16.8 Å². The van der Waals surface area contributed by atoms with Gasteiger partial charge in [0.15, 0.2) is 5.13 Å². The lowest BCUT2D eigenvalue weighted by Crippen LogP contribution is -2.74. The molecule has 19 nitrogen and oxygen atoms in total. The fourth-order valence-electron chi connectivity index (χ4n) is 3.63. The number of fused-ring (bicyclic) bond motifs is 1. The summed E-state index contributed by atoms with van der Waals surface area (Å²) in [5, 5.41) is 44.4. The summed E-state index contributed by atoms with van der Waals surface area (Å²) in [5.74, 6) is -5.13. The summed E-state index contributed by atoms with van der Waals surface area (Å²) < 4.78 is 5.13. The molecule has 0 spiro atoms. The minimum Gasteiger partial charge on any atom is -0.481 e. The van der Waals surface area contributed by atoms with Crippen LogP contribution < -0.4 is 11.1 Å². The first-order chi connectivity index (χ1) is 19.0. The van der Waals surface area contributed by atoms with Crippen molar-refractivity contribution in [1.29, 1.82) is 0 Å². The Hall–Kier alpha value is -4.05. The number of carbonyl (C=O) groups is 5. The molecular weight excluding hydrogens is 596 g/mol. The lowest BCUT2D eigenvalue weighted by atomic mass is 9.89. The third-order valence-electron chi connectivity index (χ3n) is 5.61. The number of tetrazole rings is 1. The minimum absolute atomic E-state index is 0.00318. The highest BCUT2D eigenvalue weighted by Gasteiger charge is 2.57. The summed E-state index contributed by atoms with van der Waals surface area (Å²) in [5.41, 5.74) is 3.69. The monoisotopic (exact) mass is 616 g/mol. The quantitative estimate of drug-likeness (QED) is 0.0681. The van der Waals surface area contributed by atoms with Gasteiger partial charge >= 0.3 is 17.9 Å². The number of nitrogens with one attached hydrogen (secondary N) is 1. The number of amides is 2. The van der Waals surface area contributed by atoms with Gasteiger partial charge in [0.05, 0.1) is 13.0 Å². The number of rotatable bonds is 13. The molecule has 3 atom stereocenters. The topological polar surface area (TPSA) is 278 Å². The molecular formula is C18H20N10O9S3.